The summed E-state index contributed by atoms with van der Waals surface area (Å²) >= 11 is 0. The van der Waals surface area contributed by atoms with Crippen LogP contribution in [0.4, 0.5) is 10.1 Å². The Kier molecular flexibility index (Phi) is 3.46. The monoisotopic (exact) mass is 299 g/mol. The summed E-state index contributed by atoms with van der Waals surface area (Å²) in [7, 11) is 0. The normalized spacial score (nSPS) is 10.8. The SMILES string of the molecule is Cc1cc(Cn2nnn(-c3ccccc3F)c2=O)ccc1N. The molecule has 0 amide bonds. The Morgan fingerprint density at radius 1 is 1.18 bits per heavy atom. The molecule has 0 aliphatic rings. The Labute approximate surface area is 125 Å². The summed E-state index contributed by atoms with van der Waals surface area (Å²) in [6, 6.07) is 11.4. The lowest BCUT2D eigenvalue weighted by Gasteiger charge is -2.04. The van der Waals surface area contributed by atoms with Gasteiger partial charge in [0, 0.05) is 5.69 Å². The maximum absolute atomic E-state index is 13.7. The van der Waals surface area contributed by atoms with E-state index >= 15 is 0 Å². The van der Waals surface area contributed by atoms with Crippen LogP contribution in [0.5, 0.6) is 0 Å². The largest absolute Gasteiger partial charge is 0.399 e. The summed E-state index contributed by atoms with van der Waals surface area (Å²) in [5.41, 5.74) is 7.82. The van der Waals surface area contributed by atoms with Gasteiger partial charge in [0.25, 0.3) is 0 Å². The first-order valence-electron chi connectivity index (χ1n) is 6.69. The highest BCUT2D eigenvalue weighted by Gasteiger charge is 2.12. The van der Waals surface area contributed by atoms with E-state index in [9.17, 15) is 9.18 Å². The standard InChI is InChI=1S/C15H14FN5O/c1-10-8-11(6-7-13(10)17)9-20-15(22)21(19-18-20)14-5-3-2-4-12(14)16/h2-8H,9,17H2,1H3. The third kappa shape index (κ3) is 2.48. The number of rotatable bonds is 3. The maximum Gasteiger partial charge on any atom is 0.368 e. The predicted molar refractivity (Wildman–Crippen MR) is 80.3 cm³/mol. The van der Waals surface area contributed by atoms with E-state index in [2.05, 4.69) is 10.4 Å². The van der Waals surface area contributed by atoms with Crippen LogP contribution in [0.15, 0.2) is 47.3 Å². The van der Waals surface area contributed by atoms with Gasteiger partial charge in [-0.15, -0.1) is 0 Å². The van der Waals surface area contributed by atoms with E-state index < -0.39 is 11.5 Å². The Balaban J connectivity index is 1.96. The van der Waals surface area contributed by atoms with Gasteiger partial charge < -0.3 is 5.73 Å². The fraction of sp³-hybridized carbons (Fsp3) is 0.133. The highest BCUT2D eigenvalue weighted by Crippen LogP contribution is 2.13. The van der Waals surface area contributed by atoms with Crippen LogP contribution in [0.25, 0.3) is 5.69 Å². The van der Waals surface area contributed by atoms with E-state index in [0.29, 0.717) is 5.69 Å². The summed E-state index contributed by atoms with van der Waals surface area (Å²) in [5.74, 6) is -0.528. The Morgan fingerprint density at radius 3 is 2.68 bits per heavy atom. The number of tetrazole rings is 1. The first-order valence-corrected chi connectivity index (χ1v) is 6.69. The second-order valence-corrected chi connectivity index (χ2v) is 4.97. The number of nitrogens with zero attached hydrogens (tertiary/aromatic N) is 4. The third-order valence-corrected chi connectivity index (χ3v) is 3.39. The quantitative estimate of drug-likeness (QED) is 0.743. The zero-order valence-corrected chi connectivity index (χ0v) is 11.9. The molecule has 0 atom stereocenters. The van der Waals surface area contributed by atoms with Gasteiger partial charge in [0.05, 0.1) is 6.54 Å². The molecule has 0 aliphatic carbocycles. The Hall–Kier alpha value is -2.96. The van der Waals surface area contributed by atoms with Crippen molar-refractivity contribution < 1.29 is 4.39 Å². The summed E-state index contributed by atoms with van der Waals surface area (Å²) in [6.07, 6.45) is 0. The van der Waals surface area contributed by atoms with E-state index in [-0.39, 0.29) is 12.2 Å². The number of nitrogens with two attached hydrogens (primary N) is 1. The zero-order chi connectivity index (χ0) is 15.7. The molecule has 6 nitrogen and oxygen atoms in total. The van der Waals surface area contributed by atoms with Crippen LogP contribution >= 0.6 is 0 Å². The molecule has 0 radical (unpaired) electrons. The topological polar surface area (TPSA) is 78.7 Å². The first-order chi connectivity index (χ1) is 10.6. The van der Waals surface area contributed by atoms with E-state index in [1.54, 1.807) is 18.2 Å². The number of benzene rings is 2. The molecule has 112 valence electrons. The Bertz CT molecular complexity index is 884. The fourth-order valence-electron chi connectivity index (χ4n) is 2.16. The van der Waals surface area contributed by atoms with Crippen LogP contribution in [0, 0.1) is 12.7 Å². The summed E-state index contributed by atoms with van der Waals surface area (Å²) in [6.45, 7) is 2.13. The lowest BCUT2D eigenvalue weighted by Crippen LogP contribution is -2.25. The Morgan fingerprint density at radius 2 is 1.95 bits per heavy atom. The molecule has 3 aromatic rings. The van der Waals surface area contributed by atoms with Gasteiger partial charge in [-0.05, 0) is 46.7 Å². The average molecular weight is 299 g/mol. The van der Waals surface area contributed by atoms with E-state index in [0.717, 1.165) is 15.8 Å². The van der Waals surface area contributed by atoms with Crippen molar-refractivity contribution in [1.29, 1.82) is 0 Å². The number of nitrogen functional groups attached to an aromatic ring is 1. The molecule has 2 aromatic carbocycles. The van der Waals surface area contributed by atoms with Gasteiger partial charge in [-0.25, -0.2) is 9.18 Å². The number of aromatic nitrogens is 4. The van der Waals surface area contributed by atoms with Crippen molar-refractivity contribution in [2.24, 2.45) is 0 Å². The second-order valence-electron chi connectivity index (χ2n) is 4.97. The predicted octanol–water partition coefficient (Wildman–Crippen LogP) is 1.51. The van der Waals surface area contributed by atoms with Gasteiger partial charge in [0.1, 0.15) is 11.5 Å². The second kappa shape index (κ2) is 5.44. The van der Waals surface area contributed by atoms with Gasteiger partial charge in [-0.3, -0.25) is 0 Å². The van der Waals surface area contributed by atoms with E-state index in [4.69, 9.17) is 5.73 Å². The molecular weight excluding hydrogens is 285 g/mol. The van der Waals surface area contributed by atoms with Crippen LogP contribution in [0.3, 0.4) is 0 Å². The van der Waals surface area contributed by atoms with Gasteiger partial charge in [-0.1, -0.05) is 24.3 Å². The number of hydrogen-bond donors (Lipinski definition) is 1. The van der Waals surface area contributed by atoms with Crippen molar-refractivity contribution in [2.45, 2.75) is 13.5 Å². The minimum Gasteiger partial charge on any atom is -0.399 e. The molecule has 0 saturated heterocycles. The smallest absolute Gasteiger partial charge is 0.368 e. The molecule has 1 heterocycles. The summed E-state index contributed by atoms with van der Waals surface area (Å²) in [5, 5.41) is 7.54. The number of para-hydroxylation sites is 1. The number of halogens is 1. The molecule has 22 heavy (non-hydrogen) atoms. The number of anilines is 1. The van der Waals surface area contributed by atoms with E-state index in [1.807, 2.05) is 19.1 Å². The van der Waals surface area contributed by atoms with Gasteiger partial charge in [-0.2, -0.15) is 9.36 Å². The molecule has 0 bridgehead atoms. The molecule has 0 spiro atoms. The molecule has 0 aliphatic heterocycles. The fourth-order valence-corrected chi connectivity index (χ4v) is 2.16. The van der Waals surface area contributed by atoms with Crippen molar-refractivity contribution in [2.75, 3.05) is 5.73 Å². The summed E-state index contributed by atoms with van der Waals surface area (Å²) < 4.78 is 15.9. The lowest BCUT2D eigenvalue weighted by molar-refractivity contribution is 0.604. The molecule has 3 rings (SSSR count). The van der Waals surface area contributed by atoms with Crippen molar-refractivity contribution in [3.05, 3.63) is 69.9 Å². The molecule has 2 N–H and O–H groups in total. The van der Waals surface area contributed by atoms with Gasteiger partial charge >= 0.3 is 5.69 Å². The first kappa shape index (κ1) is 14.0. The van der Waals surface area contributed by atoms with Crippen LogP contribution in [-0.2, 0) is 6.54 Å². The zero-order valence-electron chi connectivity index (χ0n) is 11.9. The maximum atomic E-state index is 13.7. The number of aryl methyl sites for hydroxylation is 1. The van der Waals surface area contributed by atoms with Crippen LogP contribution in [0.2, 0.25) is 0 Å². The molecule has 1 aromatic heterocycles. The van der Waals surface area contributed by atoms with Crippen molar-refractivity contribution in [1.82, 2.24) is 19.8 Å². The van der Waals surface area contributed by atoms with Crippen LogP contribution in [0.1, 0.15) is 11.1 Å². The number of hydrogen-bond acceptors (Lipinski definition) is 4. The van der Waals surface area contributed by atoms with Gasteiger partial charge in [0.15, 0.2) is 0 Å². The molecule has 0 fully saturated rings. The van der Waals surface area contributed by atoms with E-state index in [1.165, 1.54) is 16.8 Å². The average Bonchev–Trinajstić information content (AvgIpc) is 2.85. The molecule has 7 heteroatoms. The van der Waals surface area contributed by atoms with Crippen LogP contribution < -0.4 is 11.4 Å². The molecule has 0 saturated carbocycles. The third-order valence-electron chi connectivity index (χ3n) is 3.39. The molecule has 0 unspecified atom stereocenters. The van der Waals surface area contributed by atoms with Crippen molar-refractivity contribution >= 4 is 5.69 Å². The minimum atomic E-state index is -0.528. The highest BCUT2D eigenvalue weighted by atomic mass is 19.1. The highest BCUT2D eigenvalue weighted by molar-refractivity contribution is 5.47. The molecular formula is C15H14FN5O. The van der Waals surface area contributed by atoms with Crippen molar-refractivity contribution in [3.8, 4) is 5.69 Å². The van der Waals surface area contributed by atoms with Crippen molar-refractivity contribution in [3.63, 3.8) is 0 Å². The van der Waals surface area contributed by atoms with Gasteiger partial charge in [0.2, 0.25) is 0 Å². The minimum absolute atomic E-state index is 0.0761. The summed E-state index contributed by atoms with van der Waals surface area (Å²) in [4.78, 5) is 12.3. The van der Waals surface area contributed by atoms with Crippen LogP contribution in [-0.4, -0.2) is 19.8 Å². The lowest BCUT2D eigenvalue weighted by atomic mass is 10.1.